The number of aryl methyl sites for hydroxylation is 1. The molecule has 5 nitrogen and oxygen atoms in total. The Morgan fingerprint density at radius 3 is 2.65 bits per heavy atom. The molecule has 0 heterocycles. The summed E-state index contributed by atoms with van der Waals surface area (Å²) in [6.07, 6.45) is 3.19. The Labute approximate surface area is 157 Å². The first kappa shape index (κ1) is 21.7. The number of nitrogens with zero attached hydrogens (tertiary/aromatic N) is 2. The lowest BCUT2D eigenvalue weighted by Crippen LogP contribution is -2.42. The summed E-state index contributed by atoms with van der Waals surface area (Å²) in [7, 11) is 3.71. The van der Waals surface area contributed by atoms with Crippen LogP contribution in [-0.2, 0) is 11.2 Å². The smallest absolute Gasteiger partial charge is 0.243 e. The summed E-state index contributed by atoms with van der Waals surface area (Å²) in [5.74, 6) is 0.671. The molecule has 0 aliphatic heterocycles. The average Bonchev–Trinajstić information content (AvgIpc) is 2.53. The molecule has 0 aliphatic rings. The minimum atomic E-state index is -0.0710. The van der Waals surface area contributed by atoms with Crippen molar-refractivity contribution >= 4 is 41.5 Å². The van der Waals surface area contributed by atoms with Crippen LogP contribution in [0.3, 0.4) is 0 Å². The normalized spacial score (nSPS) is 10.7. The summed E-state index contributed by atoms with van der Waals surface area (Å²) < 4.78 is 0. The number of halogens is 1. The maximum atomic E-state index is 12.0. The highest BCUT2D eigenvalue weighted by molar-refractivity contribution is 14.0. The molecule has 6 heteroatoms. The van der Waals surface area contributed by atoms with Crippen LogP contribution in [0.5, 0.6) is 0 Å². The molecule has 0 spiro atoms. The lowest BCUT2D eigenvalue weighted by molar-refractivity contribution is -0.115. The van der Waals surface area contributed by atoms with E-state index in [4.69, 9.17) is 0 Å². The van der Waals surface area contributed by atoms with Crippen molar-refractivity contribution in [1.82, 2.24) is 10.2 Å². The molecule has 130 valence electrons. The van der Waals surface area contributed by atoms with E-state index in [0.717, 1.165) is 37.5 Å². The van der Waals surface area contributed by atoms with E-state index in [1.807, 2.05) is 30.1 Å². The summed E-state index contributed by atoms with van der Waals surface area (Å²) in [5, 5.41) is 5.99. The van der Waals surface area contributed by atoms with Crippen LogP contribution in [0, 0.1) is 0 Å². The van der Waals surface area contributed by atoms with Crippen molar-refractivity contribution in [2.75, 3.05) is 32.5 Å². The van der Waals surface area contributed by atoms with Crippen LogP contribution in [0.25, 0.3) is 0 Å². The van der Waals surface area contributed by atoms with Gasteiger partial charge in [0.05, 0.1) is 6.54 Å². The van der Waals surface area contributed by atoms with Crippen LogP contribution in [-0.4, -0.2) is 44.0 Å². The maximum absolute atomic E-state index is 12.0. The lowest BCUT2D eigenvalue weighted by atomic mass is 10.1. The zero-order chi connectivity index (χ0) is 16.4. The third-order valence-electron chi connectivity index (χ3n) is 3.45. The van der Waals surface area contributed by atoms with Gasteiger partial charge in [0.25, 0.3) is 0 Å². The van der Waals surface area contributed by atoms with Crippen molar-refractivity contribution in [2.24, 2.45) is 4.99 Å². The van der Waals surface area contributed by atoms with Crippen LogP contribution in [0.1, 0.15) is 32.3 Å². The number of nitrogens with one attached hydrogen (secondary N) is 2. The molecule has 0 bridgehead atoms. The number of amides is 1. The molecule has 1 amide bonds. The Bertz CT molecular complexity index is 505. The molecule has 0 unspecified atom stereocenters. The number of unbranched alkanes of at least 4 members (excludes halogenated alkanes) is 1. The van der Waals surface area contributed by atoms with Crippen molar-refractivity contribution in [3.63, 3.8) is 0 Å². The number of rotatable bonds is 7. The molecule has 0 saturated carbocycles. The first-order valence-electron chi connectivity index (χ1n) is 7.91. The van der Waals surface area contributed by atoms with Gasteiger partial charge in [-0.1, -0.05) is 32.4 Å². The Morgan fingerprint density at radius 2 is 2.04 bits per heavy atom. The van der Waals surface area contributed by atoms with E-state index in [1.54, 1.807) is 7.05 Å². The van der Waals surface area contributed by atoms with Gasteiger partial charge in [0.1, 0.15) is 0 Å². The third-order valence-corrected chi connectivity index (χ3v) is 3.45. The number of anilines is 1. The van der Waals surface area contributed by atoms with Gasteiger partial charge in [0.15, 0.2) is 5.96 Å². The Hall–Kier alpha value is -1.31. The first-order valence-corrected chi connectivity index (χ1v) is 7.91. The van der Waals surface area contributed by atoms with Crippen molar-refractivity contribution in [2.45, 2.75) is 33.1 Å². The van der Waals surface area contributed by atoms with E-state index in [-0.39, 0.29) is 36.4 Å². The molecule has 1 rings (SSSR count). The average molecular weight is 432 g/mol. The Morgan fingerprint density at radius 1 is 1.30 bits per heavy atom. The van der Waals surface area contributed by atoms with Gasteiger partial charge >= 0.3 is 0 Å². The Kier molecular flexibility index (Phi) is 11.5. The summed E-state index contributed by atoms with van der Waals surface area (Å²) in [6, 6.07) is 7.91. The second kappa shape index (κ2) is 12.2. The lowest BCUT2D eigenvalue weighted by Gasteiger charge is -2.21. The van der Waals surface area contributed by atoms with Crippen LogP contribution in [0.2, 0.25) is 0 Å². The second-order valence-corrected chi connectivity index (χ2v) is 5.28. The standard InChI is InChI=1S/C17H28N4O.HI/c1-5-7-11-21(4)17(18-3)19-13-16(22)20-15-10-8-9-14(6-2)12-15;/h8-10,12H,5-7,11,13H2,1-4H3,(H,18,19)(H,20,22);1H. The van der Waals surface area contributed by atoms with Crippen LogP contribution in [0.4, 0.5) is 5.69 Å². The topological polar surface area (TPSA) is 56.7 Å². The van der Waals surface area contributed by atoms with Crippen LogP contribution < -0.4 is 10.6 Å². The van der Waals surface area contributed by atoms with Crippen LogP contribution in [0.15, 0.2) is 29.3 Å². The zero-order valence-electron chi connectivity index (χ0n) is 14.6. The highest BCUT2D eigenvalue weighted by Gasteiger charge is 2.08. The number of carbonyl (C=O) groups excluding carboxylic acids is 1. The molecule has 0 aliphatic carbocycles. The molecular formula is C17H29IN4O. The summed E-state index contributed by atoms with van der Waals surface area (Å²) in [4.78, 5) is 18.3. The third kappa shape index (κ3) is 8.20. The minimum Gasteiger partial charge on any atom is -0.347 e. The molecular weight excluding hydrogens is 403 g/mol. The number of hydrogen-bond donors (Lipinski definition) is 2. The maximum Gasteiger partial charge on any atom is 0.243 e. The van der Waals surface area contributed by atoms with Gasteiger partial charge in [0, 0.05) is 26.3 Å². The van der Waals surface area contributed by atoms with Gasteiger partial charge in [0.2, 0.25) is 5.91 Å². The fraction of sp³-hybridized carbons (Fsp3) is 0.529. The van der Waals surface area contributed by atoms with E-state index >= 15 is 0 Å². The van der Waals surface area contributed by atoms with Gasteiger partial charge < -0.3 is 15.5 Å². The van der Waals surface area contributed by atoms with Crippen molar-refractivity contribution < 1.29 is 4.79 Å². The molecule has 0 fully saturated rings. The fourth-order valence-electron chi connectivity index (χ4n) is 2.12. The van der Waals surface area contributed by atoms with Gasteiger partial charge in [-0.25, -0.2) is 0 Å². The number of benzene rings is 1. The molecule has 0 radical (unpaired) electrons. The summed E-state index contributed by atoms with van der Waals surface area (Å²) in [6.45, 7) is 5.39. The molecule has 2 N–H and O–H groups in total. The molecule has 0 atom stereocenters. The number of aliphatic imine (C=N–C) groups is 1. The molecule has 1 aromatic carbocycles. The number of guanidine groups is 1. The summed E-state index contributed by atoms with van der Waals surface area (Å²) in [5.41, 5.74) is 2.04. The first-order chi connectivity index (χ1) is 10.6. The van der Waals surface area contributed by atoms with Gasteiger partial charge in [-0.3, -0.25) is 9.79 Å². The van der Waals surface area contributed by atoms with E-state index in [2.05, 4.69) is 35.5 Å². The predicted octanol–water partition coefficient (Wildman–Crippen LogP) is 3.11. The monoisotopic (exact) mass is 432 g/mol. The van der Waals surface area contributed by atoms with E-state index in [0.29, 0.717) is 0 Å². The van der Waals surface area contributed by atoms with Crippen LogP contribution >= 0.6 is 24.0 Å². The molecule has 0 saturated heterocycles. The molecule has 0 aromatic heterocycles. The highest BCUT2D eigenvalue weighted by Crippen LogP contribution is 2.10. The van der Waals surface area contributed by atoms with E-state index in [9.17, 15) is 4.79 Å². The summed E-state index contributed by atoms with van der Waals surface area (Å²) >= 11 is 0. The van der Waals surface area contributed by atoms with E-state index in [1.165, 1.54) is 5.56 Å². The van der Waals surface area contributed by atoms with E-state index < -0.39 is 0 Å². The zero-order valence-corrected chi connectivity index (χ0v) is 16.9. The van der Waals surface area contributed by atoms with Gasteiger partial charge in [-0.05, 0) is 30.5 Å². The highest BCUT2D eigenvalue weighted by atomic mass is 127. The number of hydrogen-bond acceptors (Lipinski definition) is 2. The quantitative estimate of drug-likeness (QED) is 0.396. The molecule has 23 heavy (non-hydrogen) atoms. The fourth-order valence-corrected chi connectivity index (χ4v) is 2.12. The minimum absolute atomic E-state index is 0. The van der Waals surface area contributed by atoms with Crippen molar-refractivity contribution in [3.8, 4) is 0 Å². The van der Waals surface area contributed by atoms with Gasteiger partial charge in [-0.2, -0.15) is 0 Å². The van der Waals surface area contributed by atoms with Crippen molar-refractivity contribution in [3.05, 3.63) is 29.8 Å². The van der Waals surface area contributed by atoms with Crippen molar-refractivity contribution in [1.29, 1.82) is 0 Å². The van der Waals surface area contributed by atoms with Gasteiger partial charge in [-0.15, -0.1) is 24.0 Å². The molecule has 1 aromatic rings. The largest absolute Gasteiger partial charge is 0.347 e. The SMILES string of the molecule is CCCCN(C)C(=NC)NCC(=O)Nc1cccc(CC)c1.I. The Balaban J connectivity index is 0.00000484. The second-order valence-electron chi connectivity index (χ2n) is 5.28. The number of carbonyl (C=O) groups is 1. The predicted molar refractivity (Wildman–Crippen MR) is 109 cm³/mol.